The number of hydrogen-bond acceptors (Lipinski definition) is 9. The zero-order chi connectivity index (χ0) is 53.4. The molecule has 0 heterocycles. The zero-order valence-corrected chi connectivity index (χ0v) is 46.8. The van der Waals surface area contributed by atoms with E-state index in [1.165, 1.54) is 0 Å². The SMILES string of the molecule is CCCCOCc1cc(COCCCC)c(OB(Oc2c(COCCCC)cc(COCCCC)cc2-c2ccccc2)Oc2c(COCCCC)cc(COCCCC)cc2-c2ccccc2)c(-c2ccccc2)c1. The molecule has 0 unspecified atom stereocenters. The van der Waals surface area contributed by atoms with Crippen LogP contribution in [-0.4, -0.2) is 47.0 Å². The average Bonchev–Trinajstić information content (AvgIpc) is 3.46. The minimum absolute atomic E-state index is 0.307. The van der Waals surface area contributed by atoms with Crippen molar-refractivity contribution in [1.29, 1.82) is 0 Å². The summed E-state index contributed by atoms with van der Waals surface area (Å²) in [6.45, 7) is 19.2. The summed E-state index contributed by atoms with van der Waals surface area (Å²) in [5.74, 6) is 1.78. The van der Waals surface area contributed by atoms with E-state index in [1.807, 2.05) is 18.2 Å². The Kier molecular flexibility index (Phi) is 27.6. The van der Waals surface area contributed by atoms with Crippen LogP contribution in [0.4, 0.5) is 0 Å². The molecular weight excluding hydrogens is 948 g/mol. The highest BCUT2D eigenvalue weighted by atomic mass is 16.7. The van der Waals surface area contributed by atoms with E-state index >= 15 is 0 Å². The predicted octanol–water partition coefficient (Wildman–Crippen LogP) is 17.1. The van der Waals surface area contributed by atoms with Gasteiger partial charge in [-0.05, 0) is 108 Å². The van der Waals surface area contributed by atoms with E-state index in [2.05, 4.69) is 151 Å². The molecule has 0 fully saturated rings. The highest BCUT2D eigenvalue weighted by molar-refractivity contribution is 6.40. The van der Waals surface area contributed by atoms with Crippen LogP contribution in [0.25, 0.3) is 33.4 Å². The van der Waals surface area contributed by atoms with Gasteiger partial charge in [-0.15, -0.1) is 0 Å². The summed E-state index contributed by atoms with van der Waals surface area (Å²) >= 11 is 0. The molecule has 0 saturated heterocycles. The molecule has 0 bridgehead atoms. The molecule has 6 rings (SSSR count). The van der Waals surface area contributed by atoms with E-state index in [4.69, 9.17) is 42.4 Å². The van der Waals surface area contributed by atoms with E-state index in [0.717, 1.165) is 144 Å². The number of benzene rings is 6. The topological polar surface area (TPSA) is 83.1 Å². The summed E-state index contributed by atoms with van der Waals surface area (Å²) in [7, 11) is -1.37. The molecule has 0 saturated carbocycles. The third-order valence-corrected chi connectivity index (χ3v) is 13.0. The van der Waals surface area contributed by atoms with Gasteiger partial charge in [0.15, 0.2) is 0 Å². The predicted molar refractivity (Wildman–Crippen MR) is 311 cm³/mol. The third kappa shape index (κ3) is 19.5. The van der Waals surface area contributed by atoms with Crippen LogP contribution in [0, 0.1) is 0 Å². The maximum atomic E-state index is 7.52. The quantitative estimate of drug-likeness (QED) is 0.0277. The normalized spacial score (nSPS) is 11.3. The van der Waals surface area contributed by atoms with Crippen molar-refractivity contribution in [2.24, 2.45) is 0 Å². The van der Waals surface area contributed by atoms with E-state index in [0.29, 0.717) is 96.5 Å². The maximum Gasteiger partial charge on any atom is 0.864 e. The van der Waals surface area contributed by atoms with Gasteiger partial charge in [-0.25, -0.2) is 0 Å². The average molecular weight is 1040 g/mol. The Morgan fingerprint density at radius 1 is 0.289 bits per heavy atom. The Labute approximate surface area is 457 Å². The summed E-state index contributed by atoms with van der Waals surface area (Å²) in [5.41, 5.74) is 11.2. The lowest BCUT2D eigenvalue weighted by atomic mass is 9.95. The number of unbranched alkanes of at least 4 members (excludes halogenated alkanes) is 6. The first kappa shape index (κ1) is 59.8. The molecule has 10 heteroatoms. The Balaban J connectivity index is 1.62. The lowest BCUT2D eigenvalue weighted by molar-refractivity contribution is 0.112. The van der Waals surface area contributed by atoms with Crippen molar-refractivity contribution >= 4 is 7.32 Å². The second kappa shape index (κ2) is 35.1. The molecule has 408 valence electrons. The van der Waals surface area contributed by atoms with Gasteiger partial charge in [0, 0.05) is 73.0 Å². The summed E-state index contributed by atoms with van der Waals surface area (Å²) in [5, 5.41) is 0. The summed E-state index contributed by atoms with van der Waals surface area (Å²) in [4.78, 5) is 0. The molecule has 76 heavy (non-hydrogen) atoms. The minimum Gasteiger partial charge on any atom is -0.489 e. The molecule has 0 spiro atoms. The van der Waals surface area contributed by atoms with Crippen LogP contribution in [0.5, 0.6) is 17.2 Å². The zero-order valence-electron chi connectivity index (χ0n) is 46.8. The maximum absolute atomic E-state index is 7.52. The standard InChI is InChI=1S/C66H87BO9/c1-7-13-34-68-46-52-40-58(49-71-37-16-10-4)64(61(43-52)55-28-22-19-23-29-55)74-67(75-65-59(50-72-38-17-11-5)41-53(47-69-35-14-8-2)44-62(65)56-30-24-20-25-31-56)76-66-60(51-73-39-18-12-6)42-54(48-70-36-15-9-3)45-63(66)57-32-26-21-27-33-57/h19-33,40-45H,7-18,34-39,46-51H2,1-6H3. The van der Waals surface area contributed by atoms with Crippen LogP contribution >= 0.6 is 0 Å². The van der Waals surface area contributed by atoms with E-state index in [1.54, 1.807) is 0 Å². The second-order valence-corrected chi connectivity index (χ2v) is 19.6. The molecule has 6 aromatic rings. The van der Waals surface area contributed by atoms with Gasteiger partial charge in [-0.3, -0.25) is 0 Å². The number of hydrogen-bond donors (Lipinski definition) is 0. The monoisotopic (exact) mass is 1030 g/mol. The molecule has 0 N–H and O–H groups in total. The molecule has 9 nitrogen and oxygen atoms in total. The largest absolute Gasteiger partial charge is 0.864 e. The van der Waals surface area contributed by atoms with Crippen molar-refractivity contribution in [3.8, 4) is 50.6 Å². The van der Waals surface area contributed by atoms with Crippen LogP contribution in [-0.2, 0) is 68.1 Å². The van der Waals surface area contributed by atoms with Crippen LogP contribution in [0.15, 0.2) is 127 Å². The minimum atomic E-state index is -1.37. The van der Waals surface area contributed by atoms with Gasteiger partial charge in [-0.1, -0.05) is 171 Å². The molecular formula is C66H87BO9. The third-order valence-electron chi connectivity index (χ3n) is 13.0. The van der Waals surface area contributed by atoms with Crippen LogP contribution in [0.3, 0.4) is 0 Å². The van der Waals surface area contributed by atoms with Crippen molar-refractivity contribution in [2.45, 2.75) is 158 Å². The summed E-state index contributed by atoms with van der Waals surface area (Å²) < 4.78 is 60.9. The van der Waals surface area contributed by atoms with Gasteiger partial charge in [0.25, 0.3) is 0 Å². The molecule has 0 aromatic heterocycles. The molecule has 0 amide bonds. The first-order valence-electron chi connectivity index (χ1n) is 28.6. The van der Waals surface area contributed by atoms with Gasteiger partial charge in [0.05, 0.1) is 39.6 Å². The molecule has 0 atom stereocenters. The lowest BCUT2D eigenvalue weighted by Gasteiger charge is -2.26. The summed E-state index contributed by atoms with van der Waals surface area (Å²) in [6.07, 6.45) is 12.0. The number of ether oxygens (including phenoxy) is 6. The fraction of sp³-hybridized carbons (Fsp3) is 0.455. The first-order chi connectivity index (χ1) is 37.5. The van der Waals surface area contributed by atoms with E-state index < -0.39 is 7.32 Å². The molecule has 6 aromatic carbocycles. The Morgan fingerprint density at radius 2 is 0.526 bits per heavy atom. The van der Waals surface area contributed by atoms with Crippen LogP contribution in [0.1, 0.15) is 152 Å². The second-order valence-electron chi connectivity index (χ2n) is 19.6. The fourth-order valence-electron chi connectivity index (χ4n) is 8.71. The van der Waals surface area contributed by atoms with Gasteiger partial charge >= 0.3 is 7.32 Å². The van der Waals surface area contributed by atoms with Gasteiger partial charge < -0.3 is 42.4 Å². The van der Waals surface area contributed by atoms with Gasteiger partial charge in [0.1, 0.15) is 17.2 Å². The van der Waals surface area contributed by atoms with Crippen LogP contribution in [0.2, 0.25) is 0 Å². The highest BCUT2D eigenvalue weighted by Gasteiger charge is 2.37. The first-order valence-corrected chi connectivity index (χ1v) is 28.6. The molecule has 0 radical (unpaired) electrons. The lowest BCUT2D eigenvalue weighted by Crippen LogP contribution is -2.38. The molecule has 0 aliphatic rings. The van der Waals surface area contributed by atoms with Crippen molar-refractivity contribution in [1.82, 2.24) is 0 Å². The van der Waals surface area contributed by atoms with Gasteiger partial charge in [0.2, 0.25) is 0 Å². The Bertz CT molecular complexity index is 2240. The fourth-order valence-corrected chi connectivity index (χ4v) is 8.71. The van der Waals surface area contributed by atoms with Crippen molar-refractivity contribution < 1.29 is 42.4 Å². The van der Waals surface area contributed by atoms with Gasteiger partial charge in [-0.2, -0.15) is 0 Å². The highest BCUT2D eigenvalue weighted by Crippen LogP contribution is 2.42. The molecule has 0 aliphatic carbocycles. The van der Waals surface area contributed by atoms with Crippen molar-refractivity contribution in [3.05, 3.63) is 161 Å². The number of rotatable bonds is 39. The van der Waals surface area contributed by atoms with Crippen molar-refractivity contribution in [3.63, 3.8) is 0 Å². The van der Waals surface area contributed by atoms with E-state index in [-0.39, 0.29) is 0 Å². The Morgan fingerprint density at radius 3 is 0.763 bits per heavy atom. The summed E-state index contributed by atoms with van der Waals surface area (Å²) in [6, 6.07) is 44.1. The van der Waals surface area contributed by atoms with Crippen LogP contribution < -0.4 is 14.0 Å². The molecule has 0 aliphatic heterocycles. The Hall–Kier alpha value is -5.46. The smallest absolute Gasteiger partial charge is 0.489 e. The van der Waals surface area contributed by atoms with E-state index in [9.17, 15) is 0 Å². The van der Waals surface area contributed by atoms with Crippen molar-refractivity contribution in [2.75, 3.05) is 39.6 Å².